The largest absolute Gasteiger partial charge is 0.365 e. The first-order chi connectivity index (χ1) is 7.15. The number of hydrogen-bond donors (Lipinski definition) is 1. The lowest BCUT2D eigenvalue weighted by atomic mass is 10.2. The van der Waals surface area contributed by atoms with Gasteiger partial charge >= 0.3 is 0 Å². The predicted octanol–water partition coefficient (Wildman–Crippen LogP) is 0.622. The normalized spacial score (nSPS) is 25.5. The van der Waals surface area contributed by atoms with Crippen LogP contribution in [0.2, 0.25) is 0 Å². The van der Waals surface area contributed by atoms with Crippen molar-refractivity contribution in [2.45, 2.75) is 38.4 Å². The highest BCUT2D eigenvalue weighted by Gasteiger charge is 2.29. The molecule has 1 aliphatic rings. The van der Waals surface area contributed by atoms with Gasteiger partial charge in [-0.25, -0.2) is 0 Å². The number of rotatable bonds is 5. The number of hydrogen-bond acceptors (Lipinski definition) is 3. The summed E-state index contributed by atoms with van der Waals surface area (Å²) in [6, 6.07) is 0. The van der Waals surface area contributed by atoms with Crippen LogP contribution in [0.25, 0.3) is 0 Å². The summed E-state index contributed by atoms with van der Waals surface area (Å²) < 4.78 is 5.54. The number of amides is 1. The van der Waals surface area contributed by atoms with Gasteiger partial charge in [0.05, 0.1) is 6.10 Å². The molecule has 2 atom stereocenters. The average molecular weight is 214 g/mol. The van der Waals surface area contributed by atoms with Gasteiger partial charge in [-0.3, -0.25) is 4.79 Å². The van der Waals surface area contributed by atoms with E-state index < -0.39 is 0 Å². The van der Waals surface area contributed by atoms with Crippen molar-refractivity contribution in [3.63, 3.8) is 0 Å². The van der Waals surface area contributed by atoms with Crippen molar-refractivity contribution in [3.8, 4) is 0 Å². The highest BCUT2D eigenvalue weighted by molar-refractivity contribution is 5.80. The highest BCUT2D eigenvalue weighted by Crippen LogP contribution is 2.20. The molecule has 0 radical (unpaired) electrons. The zero-order chi connectivity index (χ0) is 11.3. The molecule has 0 spiro atoms. The number of nitrogens with one attached hydrogen (secondary N) is 1. The van der Waals surface area contributed by atoms with Gasteiger partial charge in [0.1, 0.15) is 6.10 Å². The van der Waals surface area contributed by atoms with Gasteiger partial charge in [0.15, 0.2) is 0 Å². The Labute approximate surface area is 92.0 Å². The summed E-state index contributed by atoms with van der Waals surface area (Å²) in [6.45, 7) is 3.77. The molecule has 88 valence electrons. The number of nitrogens with zero attached hydrogens (tertiary/aromatic N) is 1. The lowest BCUT2D eigenvalue weighted by Crippen LogP contribution is -2.37. The summed E-state index contributed by atoms with van der Waals surface area (Å²) in [4.78, 5) is 13.6. The van der Waals surface area contributed by atoms with Crippen molar-refractivity contribution >= 4 is 5.91 Å². The van der Waals surface area contributed by atoms with E-state index in [0.29, 0.717) is 0 Å². The predicted molar refractivity (Wildman–Crippen MR) is 59.7 cm³/mol. The van der Waals surface area contributed by atoms with Crippen LogP contribution in [-0.2, 0) is 9.53 Å². The highest BCUT2D eigenvalue weighted by atomic mass is 16.5. The molecule has 0 saturated carbocycles. The Kier molecular flexibility index (Phi) is 5.05. The van der Waals surface area contributed by atoms with Gasteiger partial charge in [0, 0.05) is 13.6 Å². The monoisotopic (exact) mass is 214 g/mol. The van der Waals surface area contributed by atoms with E-state index in [1.165, 1.54) is 0 Å². The zero-order valence-corrected chi connectivity index (χ0v) is 9.95. The zero-order valence-electron chi connectivity index (χ0n) is 9.95. The third kappa shape index (κ3) is 3.80. The Hall–Kier alpha value is -0.610. The Morgan fingerprint density at radius 2 is 2.27 bits per heavy atom. The summed E-state index contributed by atoms with van der Waals surface area (Å²) in [5.41, 5.74) is 0. The second-order valence-corrected chi connectivity index (χ2v) is 4.23. The third-order valence-electron chi connectivity index (χ3n) is 2.80. The minimum atomic E-state index is -0.195. The van der Waals surface area contributed by atoms with Crippen LogP contribution < -0.4 is 5.32 Å². The third-order valence-corrected chi connectivity index (χ3v) is 2.80. The molecule has 4 heteroatoms. The van der Waals surface area contributed by atoms with Gasteiger partial charge in [-0.15, -0.1) is 0 Å². The fourth-order valence-electron chi connectivity index (χ4n) is 1.83. The SMILES string of the molecule is CNCCCN(C)C(=O)C1CCC(C)O1. The smallest absolute Gasteiger partial charge is 0.251 e. The molecule has 1 N–H and O–H groups in total. The molecule has 1 amide bonds. The molecule has 0 aromatic heterocycles. The molecule has 0 bridgehead atoms. The molecule has 0 aromatic rings. The molecule has 4 nitrogen and oxygen atoms in total. The standard InChI is InChI=1S/C11H22N2O2/c1-9-5-6-10(15-9)11(14)13(3)8-4-7-12-2/h9-10,12H,4-8H2,1-3H3. The topological polar surface area (TPSA) is 41.6 Å². The molecule has 1 fully saturated rings. The molecule has 1 heterocycles. The maximum absolute atomic E-state index is 11.9. The summed E-state index contributed by atoms with van der Waals surface area (Å²) >= 11 is 0. The molecule has 15 heavy (non-hydrogen) atoms. The van der Waals surface area contributed by atoms with Crippen molar-refractivity contribution in [2.75, 3.05) is 27.2 Å². The van der Waals surface area contributed by atoms with Crippen LogP contribution in [0, 0.1) is 0 Å². The molecule has 0 aromatic carbocycles. The second kappa shape index (κ2) is 6.08. The second-order valence-electron chi connectivity index (χ2n) is 4.23. The van der Waals surface area contributed by atoms with Crippen molar-refractivity contribution in [3.05, 3.63) is 0 Å². The van der Waals surface area contributed by atoms with Crippen LogP contribution in [0.4, 0.5) is 0 Å². The summed E-state index contributed by atoms with van der Waals surface area (Å²) in [6.07, 6.45) is 2.90. The molecule has 1 saturated heterocycles. The number of ether oxygens (including phenoxy) is 1. The molecular formula is C11H22N2O2. The number of carbonyl (C=O) groups is 1. The minimum absolute atomic E-state index is 0.135. The van der Waals surface area contributed by atoms with E-state index in [9.17, 15) is 4.79 Å². The van der Waals surface area contributed by atoms with Crippen LogP contribution >= 0.6 is 0 Å². The lowest BCUT2D eigenvalue weighted by molar-refractivity contribution is -0.141. The van der Waals surface area contributed by atoms with E-state index in [4.69, 9.17) is 4.74 Å². The van der Waals surface area contributed by atoms with Gasteiger partial charge in [-0.2, -0.15) is 0 Å². The van der Waals surface area contributed by atoms with Crippen molar-refractivity contribution < 1.29 is 9.53 Å². The van der Waals surface area contributed by atoms with Crippen LogP contribution in [0.5, 0.6) is 0 Å². The minimum Gasteiger partial charge on any atom is -0.365 e. The molecule has 0 aliphatic carbocycles. The number of carbonyl (C=O) groups excluding carboxylic acids is 1. The van der Waals surface area contributed by atoms with E-state index in [1.807, 2.05) is 21.0 Å². The Morgan fingerprint density at radius 1 is 1.53 bits per heavy atom. The van der Waals surface area contributed by atoms with Gasteiger partial charge in [-0.05, 0) is 39.8 Å². The van der Waals surface area contributed by atoms with Gasteiger partial charge in [-0.1, -0.05) is 0 Å². The maximum atomic E-state index is 11.9. The quantitative estimate of drug-likeness (QED) is 0.682. The van der Waals surface area contributed by atoms with Gasteiger partial charge < -0.3 is 15.0 Å². The van der Waals surface area contributed by atoms with E-state index in [1.54, 1.807) is 4.90 Å². The summed E-state index contributed by atoms with van der Waals surface area (Å²) in [5, 5.41) is 3.07. The first kappa shape index (κ1) is 12.5. The Morgan fingerprint density at radius 3 is 2.80 bits per heavy atom. The summed E-state index contributed by atoms with van der Waals surface area (Å²) in [5.74, 6) is 0.135. The van der Waals surface area contributed by atoms with Crippen molar-refractivity contribution in [1.29, 1.82) is 0 Å². The van der Waals surface area contributed by atoms with Crippen LogP contribution in [0.15, 0.2) is 0 Å². The molecule has 1 aliphatic heterocycles. The van der Waals surface area contributed by atoms with Crippen molar-refractivity contribution in [1.82, 2.24) is 10.2 Å². The van der Waals surface area contributed by atoms with E-state index in [-0.39, 0.29) is 18.1 Å². The maximum Gasteiger partial charge on any atom is 0.251 e. The van der Waals surface area contributed by atoms with Crippen LogP contribution in [0.3, 0.4) is 0 Å². The van der Waals surface area contributed by atoms with E-state index >= 15 is 0 Å². The first-order valence-corrected chi connectivity index (χ1v) is 5.70. The average Bonchev–Trinajstić information content (AvgIpc) is 2.64. The molecule has 2 unspecified atom stereocenters. The first-order valence-electron chi connectivity index (χ1n) is 5.70. The number of likely N-dealkylation sites (N-methyl/N-ethyl adjacent to an activating group) is 1. The fraction of sp³-hybridized carbons (Fsp3) is 0.909. The Bertz CT molecular complexity index is 209. The fourth-order valence-corrected chi connectivity index (χ4v) is 1.83. The van der Waals surface area contributed by atoms with E-state index in [0.717, 1.165) is 32.4 Å². The van der Waals surface area contributed by atoms with Gasteiger partial charge in [0.2, 0.25) is 0 Å². The molecular weight excluding hydrogens is 192 g/mol. The molecule has 1 rings (SSSR count). The van der Waals surface area contributed by atoms with Crippen LogP contribution in [-0.4, -0.2) is 50.2 Å². The van der Waals surface area contributed by atoms with Crippen LogP contribution in [0.1, 0.15) is 26.2 Å². The Balaban J connectivity index is 2.26. The summed E-state index contributed by atoms with van der Waals surface area (Å²) in [7, 11) is 3.77. The van der Waals surface area contributed by atoms with Crippen molar-refractivity contribution in [2.24, 2.45) is 0 Å². The lowest BCUT2D eigenvalue weighted by Gasteiger charge is -2.20. The van der Waals surface area contributed by atoms with Gasteiger partial charge in [0.25, 0.3) is 5.91 Å². The van der Waals surface area contributed by atoms with E-state index in [2.05, 4.69) is 5.32 Å².